The zero-order valence-corrected chi connectivity index (χ0v) is 10.9. The first kappa shape index (κ1) is 14.1. The predicted molar refractivity (Wildman–Crippen MR) is 66.2 cm³/mol. The molecule has 1 fully saturated rings. The molecular formula is C11H23NO3S. The molecule has 0 amide bonds. The van der Waals surface area contributed by atoms with E-state index in [1.54, 1.807) is 7.11 Å². The van der Waals surface area contributed by atoms with Crippen molar-refractivity contribution in [3.05, 3.63) is 0 Å². The van der Waals surface area contributed by atoms with Gasteiger partial charge in [0.25, 0.3) is 0 Å². The number of hydrogen-bond acceptors (Lipinski definition) is 4. The second kappa shape index (κ2) is 9.10. The third kappa shape index (κ3) is 6.58. The Kier molecular flexibility index (Phi) is 8.02. The van der Waals surface area contributed by atoms with Gasteiger partial charge in [-0.3, -0.25) is 4.21 Å². The maximum absolute atomic E-state index is 11.1. The topological polar surface area (TPSA) is 47.6 Å². The van der Waals surface area contributed by atoms with Crippen LogP contribution in [0.4, 0.5) is 0 Å². The Morgan fingerprint density at radius 1 is 1.25 bits per heavy atom. The molecule has 0 aromatic heterocycles. The lowest BCUT2D eigenvalue weighted by Crippen LogP contribution is -2.37. The summed E-state index contributed by atoms with van der Waals surface area (Å²) in [6.45, 7) is 3.18. The predicted octanol–water partition coefficient (Wildman–Crippen LogP) is 0.540. The van der Waals surface area contributed by atoms with Gasteiger partial charge in [-0.25, -0.2) is 0 Å². The zero-order chi connectivity index (χ0) is 11.6. The highest BCUT2D eigenvalue weighted by atomic mass is 32.2. The Morgan fingerprint density at radius 2 is 2.00 bits per heavy atom. The van der Waals surface area contributed by atoms with Gasteiger partial charge in [-0.1, -0.05) is 0 Å². The van der Waals surface area contributed by atoms with Gasteiger partial charge >= 0.3 is 0 Å². The second-order valence-corrected chi connectivity index (χ2v) is 5.73. The first-order valence-corrected chi connectivity index (χ1v) is 7.47. The molecule has 1 N–H and O–H groups in total. The van der Waals surface area contributed by atoms with Gasteiger partial charge in [-0.05, 0) is 19.3 Å². The molecule has 1 heterocycles. The Bertz CT molecular complexity index is 192. The van der Waals surface area contributed by atoms with Crippen molar-refractivity contribution in [1.29, 1.82) is 0 Å². The van der Waals surface area contributed by atoms with Crippen molar-refractivity contribution in [3.8, 4) is 0 Å². The normalized spacial score (nSPS) is 25.8. The average Bonchev–Trinajstić information content (AvgIpc) is 2.30. The smallest absolute Gasteiger partial charge is 0.0591 e. The summed E-state index contributed by atoms with van der Waals surface area (Å²) in [4.78, 5) is 0. The number of ether oxygens (including phenoxy) is 2. The average molecular weight is 249 g/mol. The SMILES string of the molecule is COCCCOCCNC1CCS(=O)CC1. The minimum atomic E-state index is -0.559. The van der Waals surface area contributed by atoms with E-state index < -0.39 is 10.8 Å². The summed E-state index contributed by atoms with van der Waals surface area (Å²) in [6.07, 6.45) is 3.03. The molecule has 1 rings (SSSR count). The highest BCUT2D eigenvalue weighted by molar-refractivity contribution is 7.85. The molecule has 1 aliphatic rings. The molecule has 0 saturated carbocycles. The van der Waals surface area contributed by atoms with Crippen LogP contribution in [0.25, 0.3) is 0 Å². The summed E-state index contributed by atoms with van der Waals surface area (Å²) in [5.41, 5.74) is 0. The molecule has 0 unspecified atom stereocenters. The summed E-state index contributed by atoms with van der Waals surface area (Å²) >= 11 is 0. The third-order valence-electron chi connectivity index (χ3n) is 2.70. The number of methoxy groups -OCH3 is 1. The van der Waals surface area contributed by atoms with E-state index in [0.717, 1.165) is 57.1 Å². The molecule has 0 aromatic rings. The van der Waals surface area contributed by atoms with Gasteiger partial charge in [0.2, 0.25) is 0 Å². The standard InChI is InChI=1S/C11H23NO3S/c1-14-6-2-7-15-8-5-12-11-3-9-16(13)10-4-11/h11-12H,2-10H2,1H3. The van der Waals surface area contributed by atoms with Crippen LogP contribution < -0.4 is 5.32 Å². The lowest BCUT2D eigenvalue weighted by molar-refractivity contribution is 0.103. The monoisotopic (exact) mass is 249 g/mol. The van der Waals surface area contributed by atoms with Crippen LogP contribution in [0.3, 0.4) is 0 Å². The maximum atomic E-state index is 11.1. The molecule has 16 heavy (non-hydrogen) atoms. The summed E-state index contributed by atoms with van der Waals surface area (Å²) in [5.74, 6) is 1.71. The lowest BCUT2D eigenvalue weighted by atomic mass is 10.1. The van der Waals surface area contributed by atoms with E-state index in [9.17, 15) is 4.21 Å². The van der Waals surface area contributed by atoms with Gasteiger partial charge < -0.3 is 14.8 Å². The van der Waals surface area contributed by atoms with Crippen molar-refractivity contribution >= 4 is 10.8 Å². The quantitative estimate of drug-likeness (QED) is 0.638. The summed E-state index contributed by atoms with van der Waals surface area (Å²) in [6, 6.07) is 0.542. The van der Waals surface area contributed by atoms with Crippen molar-refractivity contribution < 1.29 is 13.7 Å². The zero-order valence-electron chi connectivity index (χ0n) is 10.1. The summed E-state index contributed by atoms with van der Waals surface area (Å²) in [7, 11) is 1.14. The van der Waals surface area contributed by atoms with Crippen molar-refractivity contribution in [2.75, 3.05) is 45.0 Å². The fraction of sp³-hybridized carbons (Fsp3) is 1.00. The van der Waals surface area contributed by atoms with Crippen LogP contribution in [0.2, 0.25) is 0 Å². The second-order valence-electron chi connectivity index (χ2n) is 4.04. The molecule has 1 saturated heterocycles. The van der Waals surface area contributed by atoms with Crippen LogP contribution >= 0.6 is 0 Å². The van der Waals surface area contributed by atoms with E-state index in [1.165, 1.54) is 0 Å². The fourth-order valence-corrected chi connectivity index (χ4v) is 3.04. The van der Waals surface area contributed by atoms with Crippen LogP contribution in [0.15, 0.2) is 0 Å². The molecule has 4 nitrogen and oxygen atoms in total. The summed E-state index contributed by atoms with van der Waals surface area (Å²) in [5, 5.41) is 3.44. The molecule has 0 atom stereocenters. The van der Waals surface area contributed by atoms with E-state index in [-0.39, 0.29) is 0 Å². The van der Waals surface area contributed by atoms with Crippen LogP contribution in [0.1, 0.15) is 19.3 Å². The van der Waals surface area contributed by atoms with Crippen LogP contribution in [0, 0.1) is 0 Å². The Hall–Kier alpha value is 0.0300. The molecule has 0 radical (unpaired) electrons. The maximum Gasteiger partial charge on any atom is 0.0591 e. The molecule has 5 heteroatoms. The van der Waals surface area contributed by atoms with Crippen LogP contribution in [-0.4, -0.2) is 55.2 Å². The first-order chi connectivity index (χ1) is 7.83. The Morgan fingerprint density at radius 3 is 2.69 bits per heavy atom. The van der Waals surface area contributed by atoms with Crippen molar-refractivity contribution in [2.24, 2.45) is 0 Å². The Labute approximate surface area is 101 Å². The van der Waals surface area contributed by atoms with E-state index in [0.29, 0.717) is 6.04 Å². The van der Waals surface area contributed by atoms with Gasteiger partial charge in [-0.2, -0.15) is 0 Å². The highest BCUT2D eigenvalue weighted by Gasteiger charge is 2.16. The van der Waals surface area contributed by atoms with E-state index in [1.807, 2.05) is 0 Å². The van der Waals surface area contributed by atoms with E-state index >= 15 is 0 Å². The molecule has 0 aromatic carbocycles. The molecular weight excluding hydrogens is 226 g/mol. The highest BCUT2D eigenvalue weighted by Crippen LogP contribution is 2.08. The summed E-state index contributed by atoms with van der Waals surface area (Å²) < 4.78 is 21.5. The van der Waals surface area contributed by atoms with E-state index in [4.69, 9.17) is 9.47 Å². The van der Waals surface area contributed by atoms with E-state index in [2.05, 4.69) is 5.32 Å². The minimum Gasteiger partial charge on any atom is -0.385 e. The molecule has 0 bridgehead atoms. The lowest BCUT2D eigenvalue weighted by Gasteiger charge is -2.22. The minimum absolute atomic E-state index is 0.542. The third-order valence-corrected chi connectivity index (χ3v) is 4.09. The van der Waals surface area contributed by atoms with Crippen molar-refractivity contribution in [2.45, 2.75) is 25.3 Å². The molecule has 96 valence electrons. The number of rotatable bonds is 8. The van der Waals surface area contributed by atoms with Crippen molar-refractivity contribution in [3.63, 3.8) is 0 Å². The Balaban J connectivity index is 1.85. The number of nitrogens with one attached hydrogen (secondary N) is 1. The van der Waals surface area contributed by atoms with Gasteiger partial charge in [0.15, 0.2) is 0 Å². The van der Waals surface area contributed by atoms with Crippen LogP contribution in [0.5, 0.6) is 0 Å². The molecule has 0 aliphatic carbocycles. The number of hydrogen-bond donors (Lipinski definition) is 1. The van der Waals surface area contributed by atoms with Gasteiger partial charge in [0, 0.05) is 55.2 Å². The first-order valence-electron chi connectivity index (χ1n) is 5.98. The van der Waals surface area contributed by atoms with Gasteiger partial charge in [0.1, 0.15) is 0 Å². The molecule has 1 aliphatic heterocycles. The van der Waals surface area contributed by atoms with Gasteiger partial charge in [0.05, 0.1) is 6.61 Å². The fourth-order valence-electron chi connectivity index (χ4n) is 1.74. The van der Waals surface area contributed by atoms with Crippen LogP contribution in [-0.2, 0) is 20.3 Å². The van der Waals surface area contributed by atoms with Crippen molar-refractivity contribution in [1.82, 2.24) is 5.32 Å². The largest absolute Gasteiger partial charge is 0.385 e. The molecule has 0 spiro atoms. The van der Waals surface area contributed by atoms with Gasteiger partial charge in [-0.15, -0.1) is 0 Å².